The second-order valence-corrected chi connectivity index (χ2v) is 5.97. The third kappa shape index (κ3) is 0.947. The Labute approximate surface area is 70.4 Å². The Hall–Kier alpha value is 0. The molecule has 2 aliphatic rings. The van der Waals surface area contributed by atoms with Crippen molar-refractivity contribution in [2.24, 2.45) is 22.7 Å². The van der Waals surface area contributed by atoms with E-state index in [1.807, 2.05) is 0 Å². The maximum absolute atomic E-state index is 2.48. The van der Waals surface area contributed by atoms with Gasteiger partial charge in [0.25, 0.3) is 0 Å². The Morgan fingerprint density at radius 1 is 1.09 bits per heavy atom. The molecule has 0 heterocycles. The van der Waals surface area contributed by atoms with Crippen LogP contribution in [0, 0.1) is 22.7 Å². The molecule has 0 N–H and O–H groups in total. The highest BCUT2D eigenvalue weighted by Gasteiger charge is 2.54. The molecule has 2 bridgehead atoms. The van der Waals surface area contributed by atoms with Crippen molar-refractivity contribution in [1.29, 1.82) is 0 Å². The molecule has 0 amide bonds. The first-order valence-electron chi connectivity index (χ1n) is 4.93. The zero-order chi connectivity index (χ0) is 8.28. The molecule has 2 rings (SSSR count). The Morgan fingerprint density at radius 3 is 2.00 bits per heavy atom. The zero-order valence-electron chi connectivity index (χ0n) is 8.28. The highest BCUT2D eigenvalue weighted by Crippen LogP contribution is 2.64. The van der Waals surface area contributed by atoms with Crippen molar-refractivity contribution < 1.29 is 0 Å². The van der Waals surface area contributed by atoms with E-state index in [1.165, 1.54) is 19.3 Å². The molecule has 0 radical (unpaired) electrons. The van der Waals surface area contributed by atoms with Crippen LogP contribution in [0.15, 0.2) is 0 Å². The third-order valence-electron chi connectivity index (χ3n) is 4.10. The van der Waals surface area contributed by atoms with Crippen LogP contribution in [0.5, 0.6) is 0 Å². The third-order valence-corrected chi connectivity index (χ3v) is 4.10. The fourth-order valence-corrected chi connectivity index (χ4v) is 4.16. The highest BCUT2D eigenvalue weighted by molar-refractivity contribution is 5.04. The fraction of sp³-hybridized carbons (Fsp3) is 1.00. The first-order valence-corrected chi connectivity index (χ1v) is 4.93. The lowest BCUT2D eigenvalue weighted by Gasteiger charge is -2.36. The average Bonchev–Trinajstić information content (AvgIpc) is 2.13. The van der Waals surface area contributed by atoms with Gasteiger partial charge in [-0.1, -0.05) is 27.7 Å². The average molecular weight is 152 g/mol. The lowest BCUT2D eigenvalue weighted by molar-refractivity contribution is 0.132. The molecule has 64 valence electrons. The summed E-state index contributed by atoms with van der Waals surface area (Å²) in [6.07, 6.45) is 4.46. The summed E-state index contributed by atoms with van der Waals surface area (Å²) in [6, 6.07) is 0. The van der Waals surface area contributed by atoms with Gasteiger partial charge < -0.3 is 0 Å². The van der Waals surface area contributed by atoms with E-state index in [2.05, 4.69) is 27.7 Å². The topological polar surface area (TPSA) is 0 Å². The predicted octanol–water partition coefficient (Wildman–Crippen LogP) is 3.47. The van der Waals surface area contributed by atoms with E-state index in [1.54, 1.807) is 0 Å². The molecule has 3 unspecified atom stereocenters. The van der Waals surface area contributed by atoms with Crippen molar-refractivity contribution in [2.45, 2.75) is 47.0 Å². The highest BCUT2D eigenvalue weighted by atomic mass is 14.6. The Balaban J connectivity index is 2.28. The van der Waals surface area contributed by atoms with Gasteiger partial charge in [-0.3, -0.25) is 0 Å². The largest absolute Gasteiger partial charge is 0.0622 e. The van der Waals surface area contributed by atoms with Crippen LogP contribution in [0.3, 0.4) is 0 Å². The summed E-state index contributed by atoms with van der Waals surface area (Å²) in [5.41, 5.74) is 1.36. The molecule has 0 aromatic heterocycles. The van der Waals surface area contributed by atoms with Crippen LogP contribution < -0.4 is 0 Å². The van der Waals surface area contributed by atoms with Gasteiger partial charge in [0.1, 0.15) is 0 Å². The Kier molecular flexibility index (Phi) is 1.28. The van der Waals surface area contributed by atoms with Gasteiger partial charge in [0.15, 0.2) is 0 Å². The van der Waals surface area contributed by atoms with E-state index >= 15 is 0 Å². The first-order chi connectivity index (χ1) is 4.93. The van der Waals surface area contributed by atoms with Gasteiger partial charge in [-0.05, 0) is 41.9 Å². The maximum atomic E-state index is 2.48. The number of fused-ring (bicyclic) bond motifs is 2. The quantitative estimate of drug-likeness (QED) is 0.498. The number of rotatable bonds is 0. The smallest absolute Gasteiger partial charge is 0.0315 e. The second kappa shape index (κ2) is 1.84. The normalized spacial score (nSPS) is 53.5. The zero-order valence-corrected chi connectivity index (χ0v) is 8.28. The van der Waals surface area contributed by atoms with Gasteiger partial charge in [0.2, 0.25) is 0 Å². The molecule has 3 atom stereocenters. The van der Waals surface area contributed by atoms with E-state index < -0.39 is 0 Å². The first kappa shape index (κ1) is 7.64. The maximum Gasteiger partial charge on any atom is -0.0315 e. The van der Waals surface area contributed by atoms with Crippen LogP contribution >= 0.6 is 0 Å². The monoisotopic (exact) mass is 152 g/mol. The van der Waals surface area contributed by atoms with Crippen molar-refractivity contribution >= 4 is 0 Å². The van der Waals surface area contributed by atoms with Crippen molar-refractivity contribution in [3.05, 3.63) is 0 Å². The van der Waals surface area contributed by atoms with Crippen LogP contribution in [-0.4, -0.2) is 0 Å². The molecular formula is C11H20. The Morgan fingerprint density at radius 2 is 1.73 bits per heavy atom. The summed E-state index contributed by atoms with van der Waals surface area (Å²) in [7, 11) is 0. The molecule has 0 spiro atoms. The standard InChI is InChI=1S/C11H20/c1-8-5-11(4)6-9(8)10(2,3)7-11/h8-9H,5-7H2,1-4H3. The van der Waals surface area contributed by atoms with Crippen LogP contribution in [0.4, 0.5) is 0 Å². The molecule has 0 nitrogen and oxygen atoms in total. The van der Waals surface area contributed by atoms with Gasteiger partial charge in [0.05, 0.1) is 0 Å². The predicted molar refractivity (Wildman–Crippen MR) is 48.4 cm³/mol. The van der Waals surface area contributed by atoms with Crippen LogP contribution in [0.25, 0.3) is 0 Å². The lowest BCUT2D eigenvalue weighted by atomic mass is 9.69. The van der Waals surface area contributed by atoms with Gasteiger partial charge in [-0.25, -0.2) is 0 Å². The van der Waals surface area contributed by atoms with Crippen LogP contribution in [0.2, 0.25) is 0 Å². The molecule has 2 fully saturated rings. The minimum atomic E-state index is 0.645. The van der Waals surface area contributed by atoms with Crippen LogP contribution in [0.1, 0.15) is 47.0 Å². The molecule has 0 aromatic carbocycles. The molecule has 0 aromatic rings. The second-order valence-electron chi connectivity index (χ2n) is 5.97. The van der Waals surface area contributed by atoms with Crippen LogP contribution in [-0.2, 0) is 0 Å². The van der Waals surface area contributed by atoms with Crippen molar-refractivity contribution in [3.8, 4) is 0 Å². The van der Waals surface area contributed by atoms with E-state index in [0.29, 0.717) is 10.8 Å². The number of hydrogen-bond donors (Lipinski definition) is 0. The van der Waals surface area contributed by atoms with Crippen molar-refractivity contribution in [3.63, 3.8) is 0 Å². The lowest BCUT2D eigenvalue weighted by Crippen LogP contribution is -2.28. The summed E-state index contributed by atoms with van der Waals surface area (Å²) in [5.74, 6) is 2.01. The van der Waals surface area contributed by atoms with E-state index in [-0.39, 0.29) is 0 Å². The molecule has 0 heteroatoms. The molecule has 0 aliphatic heterocycles. The van der Waals surface area contributed by atoms with Crippen molar-refractivity contribution in [1.82, 2.24) is 0 Å². The summed E-state index contributed by atoms with van der Waals surface area (Å²) in [4.78, 5) is 0. The minimum Gasteiger partial charge on any atom is -0.0622 e. The van der Waals surface area contributed by atoms with Gasteiger partial charge in [0, 0.05) is 0 Å². The van der Waals surface area contributed by atoms with Gasteiger partial charge >= 0.3 is 0 Å². The Bertz CT molecular complexity index is 178. The fourth-order valence-electron chi connectivity index (χ4n) is 4.16. The van der Waals surface area contributed by atoms with Gasteiger partial charge in [-0.15, -0.1) is 0 Å². The number of hydrogen-bond acceptors (Lipinski definition) is 0. The summed E-state index contributed by atoms with van der Waals surface area (Å²) in [5, 5.41) is 0. The van der Waals surface area contributed by atoms with Crippen molar-refractivity contribution in [2.75, 3.05) is 0 Å². The summed E-state index contributed by atoms with van der Waals surface area (Å²) in [6.45, 7) is 9.84. The molecule has 2 saturated carbocycles. The van der Waals surface area contributed by atoms with E-state index in [4.69, 9.17) is 0 Å². The molecular weight excluding hydrogens is 132 g/mol. The minimum absolute atomic E-state index is 0.645. The molecule has 0 saturated heterocycles. The van der Waals surface area contributed by atoms with E-state index in [9.17, 15) is 0 Å². The molecule has 2 aliphatic carbocycles. The van der Waals surface area contributed by atoms with Gasteiger partial charge in [-0.2, -0.15) is 0 Å². The summed E-state index contributed by atoms with van der Waals surface area (Å²) >= 11 is 0. The SMILES string of the molecule is CC1CC2(C)CC1C(C)(C)C2. The van der Waals surface area contributed by atoms with E-state index in [0.717, 1.165) is 11.8 Å². The summed E-state index contributed by atoms with van der Waals surface area (Å²) < 4.78 is 0. The molecule has 11 heavy (non-hydrogen) atoms.